The zero-order valence-corrected chi connectivity index (χ0v) is 16.8. The lowest BCUT2D eigenvalue weighted by atomic mass is 9.73. The summed E-state index contributed by atoms with van der Waals surface area (Å²) in [7, 11) is 0. The summed E-state index contributed by atoms with van der Waals surface area (Å²) in [4.78, 5) is 51.3. The number of hydrogen-bond acceptors (Lipinski definition) is 6. The molecule has 0 radical (unpaired) electrons. The minimum atomic E-state index is -1.02. The summed E-state index contributed by atoms with van der Waals surface area (Å²) >= 11 is 1.51. The van der Waals surface area contributed by atoms with Crippen molar-refractivity contribution in [1.29, 1.82) is 0 Å². The van der Waals surface area contributed by atoms with Crippen molar-refractivity contribution in [3.05, 3.63) is 22.4 Å². The van der Waals surface area contributed by atoms with Gasteiger partial charge in [-0.05, 0) is 37.1 Å². The summed E-state index contributed by atoms with van der Waals surface area (Å²) in [6, 6.07) is 3.19. The summed E-state index contributed by atoms with van der Waals surface area (Å²) < 4.78 is 5.12. The van der Waals surface area contributed by atoms with Gasteiger partial charge >= 0.3 is 12.0 Å². The average Bonchev–Trinajstić information content (AvgIpc) is 3.25. The van der Waals surface area contributed by atoms with Crippen molar-refractivity contribution in [1.82, 2.24) is 15.5 Å². The van der Waals surface area contributed by atoms with E-state index in [1.807, 2.05) is 24.4 Å². The highest BCUT2D eigenvalue weighted by Gasteiger charge is 2.55. The SMILES string of the molecule is CC(OC(=O)CN1C(=O)NC2(CCCCC2C)C1=O)C(=O)NCc1cccs1. The molecule has 9 heteroatoms. The second kappa shape index (κ2) is 8.30. The van der Waals surface area contributed by atoms with Gasteiger partial charge in [-0.1, -0.05) is 25.8 Å². The number of carbonyl (C=O) groups is 4. The number of rotatable bonds is 6. The summed E-state index contributed by atoms with van der Waals surface area (Å²) in [5.41, 5.74) is -0.917. The van der Waals surface area contributed by atoms with Crippen molar-refractivity contribution >= 4 is 35.2 Å². The first kappa shape index (κ1) is 20.3. The number of amides is 4. The molecule has 1 aromatic heterocycles. The monoisotopic (exact) mass is 407 g/mol. The molecule has 2 aliphatic rings. The number of nitrogens with zero attached hydrogens (tertiary/aromatic N) is 1. The van der Waals surface area contributed by atoms with Crippen LogP contribution in [0.4, 0.5) is 4.79 Å². The Bertz CT molecular complexity index is 766. The third kappa shape index (κ3) is 4.04. The molecule has 1 saturated carbocycles. The van der Waals surface area contributed by atoms with E-state index < -0.39 is 36.1 Å². The van der Waals surface area contributed by atoms with E-state index in [0.29, 0.717) is 13.0 Å². The maximum atomic E-state index is 12.8. The predicted octanol–water partition coefficient (Wildman–Crippen LogP) is 1.80. The highest BCUT2D eigenvalue weighted by Crippen LogP contribution is 2.38. The van der Waals surface area contributed by atoms with Gasteiger partial charge in [0.05, 0.1) is 6.54 Å². The Morgan fingerprint density at radius 3 is 2.89 bits per heavy atom. The molecular weight excluding hydrogens is 382 g/mol. The molecule has 4 amide bonds. The fraction of sp³-hybridized carbons (Fsp3) is 0.579. The van der Waals surface area contributed by atoms with Crippen molar-refractivity contribution in [3.8, 4) is 0 Å². The maximum absolute atomic E-state index is 12.8. The van der Waals surface area contributed by atoms with Gasteiger partial charge in [-0.25, -0.2) is 4.79 Å². The maximum Gasteiger partial charge on any atom is 0.327 e. The van der Waals surface area contributed by atoms with Gasteiger partial charge in [-0.3, -0.25) is 19.3 Å². The van der Waals surface area contributed by atoms with Gasteiger partial charge in [0.2, 0.25) is 0 Å². The Kier molecular flexibility index (Phi) is 6.02. The number of esters is 1. The number of urea groups is 1. The zero-order valence-electron chi connectivity index (χ0n) is 16.0. The van der Waals surface area contributed by atoms with Gasteiger partial charge in [0.25, 0.3) is 11.8 Å². The van der Waals surface area contributed by atoms with Crippen LogP contribution in [0, 0.1) is 5.92 Å². The van der Waals surface area contributed by atoms with Gasteiger partial charge < -0.3 is 15.4 Å². The molecule has 2 fully saturated rings. The molecule has 8 nitrogen and oxygen atoms in total. The van der Waals surface area contributed by atoms with Gasteiger partial charge in [0, 0.05) is 4.88 Å². The van der Waals surface area contributed by atoms with Crippen LogP contribution in [0.25, 0.3) is 0 Å². The van der Waals surface area contributed by atoms with E-state index >= 15 is 0 Å². The number of carbonyl (C=O) groups excluding carboxylic acids is 4. The van der Waals surface area contributed by atoms with E-state index in [4.69, 9.17) is 4.74 Å². The van der Waals surface area contributed by atoms with Crippen molar-refractivity contribution in [2.24, 2.45) is 5.92 Å². The van der Waals surface area contributed by atoms with Crippen LogP contribution in [0.3, 0.4) is 0 Å². The van der Waals surface area contributed by atoms with E-state index in [-0.39, 0.29) is 11.8 Å². The number of thiophene rings is 1. The van der Waals surface area contributed by atoms with Crippen LogP contribution in [-0.2, 0) is 25.7 Å². The normalized spacial score (nSPS) is 25.5. The topological polar surface area (TPSA) is 105 Å². The number of ether oxygens (including phenoxy) is 1. The summed E-state index contributed by atoms with van der Waals surface area (Å²) in [6.45, 7) is 3.25. The minimum Gasteiger partial charge on any atom is -0.451 e. The van der Waals surface area contributed by atoms with Crippen molar-refractivity contribution < 1.29 is 23.9 Å². The average molecular weight is 407 g/mol. The van der Waals surface area contributed by atoms with Gasteiger partial charge in [0.15, 0.2) is 6.10 Å². The van der Waals surface area contributed by atoms with Gasteiger partial charge in [-0.15, -0.1) is 11.3 Å². The Balaban J connectivity index is 1.53. The summed E-state index contributed by atoms with van der Waals surface area (Å²) in [5, 5.41) is 7.38. The van der Waals surface area contributed by atoms with E-state index in [1.165, 1.54) is 18.3 Å². The highest BCUT2D eigenvalue weighted by atomic mass is 32.1. The zero-order chi connectivity index (χ0) is 20.3. The molecule has 1 aliphatic carbocycles. The molecule has 1 saturated heterocycles. The first-order valence-corrected chi connectivity index (χ1v) is 10.3. The molecule has 3 atom stereocenters. The van der Waals surface area contributed by atoms with Crippen molar-refractivity contribution in [2.75, 3.05) is 6.54 Å². The molecule has 0 aromatic carbocycles. The summed E-state index contributed by atoms with van der Waals surface area (Å²) in [5.74, 6) is -1.59. The van der Waals surface area contributed by atoms with Gasteiger partial charge in [0.1, 0.15) is 12.1 Å². The van der Waals surface area contributed by atoms with E-state index in [2.05, 4.69) is 10.6 Å². The van der Waals surface area contributed by atoms with Crippen LogP contribution in [-0.4, -0.2) is 46.9 Å². The second-order valence-electron chi connectivity index (χ2n) is 7.37. The second-order valence-corrected chi connectivity index (χ2v) is 8.40. The van der Waals surface area contributed by atoms with Crippen molar-refractivity contribution in [3.63, 3.8) is 0 Å². The van der Waals surface area contributed by atoms with E-state index in [9.17, 15) is 19.2 Å². The fourth-order valence-electron chi connectivity index (χ4n) is 3.79. The Morgan fingerprint density at radius 2 is 2.21 bits per heavy atom. The molecule has 1 aromatic rings. The molecule has 2 heterocycles. The number of imide groups is 1. The lowest BCUT2D eigenvalue weighted by Gasteiger charge is -2.36. The fourth-order valence-corrected chi connectivity index (χ4v) is 4.43. The largest absolute Gasteiger partial charge is 0.451 e. The standard InChI is InChI=1S/C19H25N3O5S/c1-12-6-3-4-8-19(12)17(25)22(18(26)21-19)11-15(23)27-13(2)16(24)20-10-14-7-5-9-28-14/h5,7,9,12-13H,3-4,6,8,10-11H2,1-2H3,(H,20,24)(H,21,26). The molecule has 152 valence electrons. The van der Waals surface area contributed by atoms with Crippen LogP contribution in [0.5, 0.6) is 0 Å². The number of hydrogen-bond donors (Lipinski definition) is 2. The molecule has 3 unspecified atom stereocenters. The van der Waals surface area contributed by atoms with Crippen LogP contribution >= 0.6 is 11.3 Å². The van der Waals surface area contributed by atoms with E-state index in [1.54, 1.807) is 0 Å². The first-order chi connectivity index (χ1) is 13.3. The minimum absolute atomic E-state index is 0.0145. The third-order valence-electron chi connectivity index (χ3n) is 5.48. The van der Waals surface area contributed by atoms with Crippen LogP contribution in [0.2, 0.25) is 0 Å². The number of nitrogens with one attached hydrogen (secondary N) is 2. The Hall–Kier alpha value is -2.42. The Labute approximate surface area is 167 Å². The summed E-state index contributed by atoms with van der Waals surface area (Å²) in [6.07, 6.45) is 2.29. The molecule has 1 aliphatic heterocycles. The lowest BCUT2D eigenvalue weighted by molar-refractivity contribution is -0.157. The lowest BCUT2D eigenvalue weighted by Crippen LogP contribution is -2.54. The highest BCUT2D eigenvalue weighted by molar-refractivity contribution is 7.09. The molecule has 1 spiro atoms. The van der Waals surface area contributed by atoms with Crippen LogP contribution in [0.1, 0.15) is 44.4 Å². The van der Waals surface area contributed by atoms with Gasteiger partial charge in [-0.2, -0.15) is 0 Å². The Morgan fingerprint density at radius 1 is 1.43 bits per heavy atom. The smallest absolute Gasteiger partial charge is 0.327 e. The molecule has 0 bridgehead atoms. The van der Waals surface area contributed by atoms with Crippen LogP contribution in [0.15, 0.2) is 17.5 Å². The first-order valence-electron chi connectivity index (χ1n) is 9.47. The van der Waals surface area contributed by atoms with Crippen molar-refractivity contribution in [2.45, 2.75) is 57.7 Å². The van der Waals surface area contributed by atoms with Crippen LogP contribution < -0.4 is 10.6 Å². The predicted molar refractivity (Wildman–Crippen MR) is 102 cm³/mol. The molecule has 2 N–H and O–H groups in total. The molecular formula is C19H25N3O5S. The van der Waals surface area contributed by atoms with E-state index in [0.717, 1.165) is 29.0 Å². The molecule has 28 heavy (non-hydrogen) atoms. The quantitative estimate of drug-likeness (QED) is 0.553. The molecule has 3 rings (SSSR count). The third-order valence-corrected chi connectivity index (χ3v) is 6.36.